The van der Waals surface area contributed by atoms with Crippen LogP contribution in [0.2, 0.25) is 0 Å². The van der Waals surface area contributed by atoms with Crippen LogP contribution in [-0.4, -0.2) is 16.4 Å². The molecule has 52 valence electrons. The third-order valence-electron chi connectivity index (χ3n) is 0. The Hall–Kier alpha value is 2.94. The van der Waals surface area contributed by atoms with E-state index >= 15 is 0 Å². The zero-order valence-electron chi connectivity index (χ0n) is 2.49. The molecule has 0 aromatic rings. The Kier molecular flexibility index (Phi) is 479. The molecule has 6 N–H and O–H groups in total. The summed E-state index contributed by atoms with van der Waals surface area (Å²) in [7, 11) is 0. The predicted molar refractivity (Wildman–Crippen MR) is 10.8 cm³/mol. The van der Waals surface area contributed by atoms with E-state index in [0.717, 1.165) is 0 Å². The summed E-state index contributed by atoms with van der Waals surface area (Å²) >= 11 is 0. The van der Waals surface area contributed by atoms with Gasteiger partial charge in [0, 0.05) is 93.4 Å². The first kappa shape index (κ1) is 65.1. The molecule has 0 saturated carbocycles. The molecular formula is H6Dy2FeO3. The minimum atomic E-state index is 0. The quantitative estimate of drug-likeness (QED) is 0.378. The minimum Gasteiger partial charge on any atom is -0.412 e. The van der Waals surface area contributed by atoms with Crippen molar-refractivity contribution >= 4 is 0 Å². The number of hydrogen-bond acceptors (Lipinski definition) is 0. The van der Waals surface area contributed by atoms with Crippen LogP contribution in [0.15, 0.2) is 0 Å². The fraction of sp³-hybridized carbons (Fsp3) is 0. The minimum absolute atomic E-state index is 0. The third kappa shape index (κ3) is 28.3. The molecule has 6 heavy (non-hydrogen) atoms. The molecule has 0 fully saturated rings. The van der Waals surface area contributed by atoms with Crippen LogP contribution in [0.4, 0.5) is 0 Å². The Morgan fingerprint density at radius 2 is 0.500 bits per heavy atom. The van der Waals surface area contributed by atoms with Gasteiger partial charge in [-0.15, -0.1) is 0 Å². The fourth-order valence-corrected chi connectivity index (χ4v) is 0. The second kappa shape index (κ2) is 44.2. The Balaban J connectivity index is 0. The van der Waals surface area contributed by atoms with E-state index in [1.807, 2.05) is 0 Å². The van der Waals surface area contributed by atoms with E-state index in [1.54, 1.807) is 0 Å². The maximum absolute atomic E-state index is 0. The third-order valence-corrected chi connectivity index (χ3v) is 0. The zero-order chi connectivity index (χ0) is 0. The second-order valence-electron chi connectivity index (χ2n) is 0. The van der Waals surface area contributed by atoms with Crippen LogP contribution in [0.3, 0.4) is 0 Å². The van der Waals surface area contributed by atoms with Gasteiger partial charge in [-0.25, -0.2) is 0 Å². The van der Waals surface area contributed by atoms with Gasteiger partial charge in [0.05, 0.1) is 0 Å². The standard InChI is InChI=1S/2Dy.Fe.3H2O/h;;;3*1H2. The molecule has 6 heteroatoms. The Bertz CT molecular complexity index is 8.75. The van der Waals surface area contributed by atoms with Crippen LogP contribution in [0, 0.1) is 76.3 Å². The van der Waals surface area contributed by atoms with E-state index in [4.69, 9.17) is 0 Å². The second-order valence-corrected chi connectivity index (χ2v) is 0. The van der Waals surface area contributed by atoms with Crippen molar-refractivity contribution in [3.05, 3.63) is 0 Å². The summed E-state index contributed by atoms with van der Waals surface area (Å²) < 4.78 is 0. The number of rotatable bonds is 0. The Morgan fingerprint density at radius 3 is 0.500 bits per heavy atom. The summed E-state index contributed by atoms with van der Waals surface area (Å²) in [6.45, 7) is 0. The van der Waals surface area contributed by atoms with Crippen molar-refractivity contribution in [1.29, 1.82) is 0 Å². The predicted octanol–water partition coefficient (Wildman–Crippen LogP) is -2.48. The van der Waals surface area contributed by atoms with Gasteiger partial charge in [-0.1, -0.05) is 0 Å². The van der Waals surface area contributed by atoms with Crippen molar-refractivity contribution < 1.29 is 110 Å². The van der Waals surface area contributed by atoms with Crippen molar-refractivity contribution in [2.24, 2.45) is 0 Å². The maximum atomic E-state index is 0. The fourth-order valence-electron chi connectivity index (χ4n) is 0. The van der Waals surface area contributed by atoms with E-state index in [2.05, 4.69) is 0 Å². The van der Waals surface area contributed by atoms with Gasteiger partial charge >= 0.3 is 0 Å². The molecule has 0 aliphatic heterocycles. The molecule has 0 aliphatic rings. The Morgan fingerprint density at radius 1 is 0.500 bits per heavy atom. The monoisotopic (exact) mass is 438 g/mol. The van der Waals surface area contributed by atoms with Crippen LogP contribution in [-0.2, 0) is 17.1 Å². The Labute approximate surface area is 107 Å². The van der Waals surface area contributed by atoms with Crippen molar-refractivity contribution in [1.82, 2.24) is 0 Å². The van der Waals surface area contributed by atoms with E-state index in [0.29, 0.717) is 0 Å². The molecule has 0 aromatic heterocycles. The molecule has 0 aromatic carbocycles. The van der Waals surface area contributed by atoms with Gasteiger partial charge in [0.15, 0.2) is 0 Å². The van der Waals surface area contributed by atoms with Gasteiger partial charge in [-0.05, 0) is 0 Å². The zero-order valence-corrected chi connectivity index (χ0v) is 7.65. The SMILES string of the molecule is O.O.O.[Dy].[Dy].[Fe]. The molecule has 0 radical (unpaired) electrons. The average Bonchev–Trinajstić information content (AvgIpc) is 0. The molecule has 0 unspecified atom stereocenters. The van der Waals surface area contributed by atoms with Gasteiger partial charge in [-0.2, -0.15) is 0 Å². The van der Waals surface area contributed by atoms with Gasteiger partial charge in [0.2, 0.25) is 0 Å². The topological polar surface area (TPSA) is 94.5 Å². The smallest absolute Gasteiger partial charge is 0 e. The van der Waals surface area contributed by atoms with E-state index in [9.17, 15) is 0 Å². The van der Waals surface area contributed by atoms with Crippen LogP contribution in [0.25, 0.3) is 0 Å². The summed E-state index contributed by atoms with van der Waals surface area (Å²) in [6, 6.07) is 0. The summed E-state index contributed by atoms with van der Waals surface area (Å²) in [4.78, 5) is 0. The van der Waals surface area contributed by atoms with Gasteiger partial charge in [-0.3, -0.25) is 0 Å². The summed E-state index contributed by atoms with van der Waals surface area (Å²) in [5.41, 5.74) is 0. The molecule has 0 rings (SSSR count). The summed E-state index contributed by atoms with van der Waals surface area (Å²) in [5.74, 6) is 0. The van der Waals surface area contributed by atoms with Crippen molar-refractivity contribution in [3.8, 4) is 0 Å². The normalized spacial score (nSPS) is 0. The molecule has 0 bridgehead atoms. The van der Waals surface area contributed by atoms with E-state index in [-0.39, 0.29) is 110 Å². The largest absolute Gasteiger partial charge is 0.412 e. The van der Waals surface area contributed by atoms with Crippen LogP contribution < -0.4 is 0 Å². The first-order chi connectivity index (χ1) is 0. The first-order valence-corrected chi connectivity index (χ1v) is 0. The van der Waals surface area contributed by atoms with Crippen molar-refractivity contribution in [2.75, 3.05) is 0 Å². The molecule has 0 amide bonds. The molecule has 0 aliphatic carbocycles. The molecule has 0 spiro atoms. The maximum Gasteiger partial charge on any atom is 0 e. The van der Waals surface area contributed by atoms with Crippen LogP contribution in [0.5, 0.6) is 0 Å². The molecular weight excluding hydrogens is 429 g/mol. The van der Waals surface area contributed by atoms with Crippen LogP contribution >= 0.6 is 0 Å². The number of hydrogen-bond donors (Lipinski definition) is 0. The first-order valence-electron chi connectivity index (χ1n) is 0. The molecule has 0 atom stereocenters. The average molecular weight is 435 g/mol. The molecule has 3 nitrogen and oxygen atoms in total. The van der Waals surface area contributed by atoms with Gasteiger partial charge in [0.25, 0.3) is 0 Å². The van der Waals surface area contributed by atoms with E-state index < -0.39 is 0 Å². The van der Waals surface area contributed by atoms with Crippen molar-refractivity contribution in [3.63, 3.8) is 0 Å². The molecule has 0 heterocycles. The van der Waals surface area contributed by atoms with Gasteiger partial charge in [0.1, 0.15) is 0 Å². The van der Waals surface area contributed by atoms with E-state index in [1.165, 1.54) is 0 Å². The van der Waals surface area contributed by atoms with Crippen molar-refractivity contribution in [2.45, 2.75) is 0 Å². The summed E-state index contributed by atoms with van der Waals surface area (Å²) in [6.07, 6.45) is 0. The summed E-state index contributed by atoms with van der Waals surface area (Å²) in [5, 5.41) is 0. The van der Waals surface area contributed by atoms with Crippen LogP contribution in [0.1, 0.15) is 0 Å². The molecule has 0 saturated heterocycles. The van der Waals surface area contributed by atoms with Gasteiger partial charge < -0.3 is 16.4 Å².